The Bertz CT molecular complexity index is 7190. The Kier molecular flexibility index (Phi) is 12.1. The van der Waals surface area contributed by atoms with Gasteiger partial charge in [-0.25, -0.2) is 0 Å². The summed E-state index contributed by atoms with van der Waals surface area (Å²) in [5.74, 6) is 0. The number of aromatic nitrogens is 6. The van der Waals surface area contributed by atoms with Gasteiger partial charge in [-0.2, -0.15) is 0 Å². The molecule has 0 atom stereocenters. The summed E-state index contributed by atoms with van der Waals surface area (Å²) in [5, 5.41) is 14.7. The van der Waals surface area contributed by atoms with E-state index < -0.39 is 0 Å². The highest BCUT2D eigenvalue weighted by Gasteiger charge is 2.23. The van der Waals surface area contributed by atoms with E-state index in [0.29, 0.717) is 0 Å². The molecular weight excluding hydrogens is 1240 g/mol. The first-order valence-electron chi connectivity index (χ1n) is 35.1. The molecule has 0 saturated heterocycles. The van der Waals surface area contributed by atoms with Crippen molar-refractivity contribution in [1.82, 2.24) is 27.4 Å². The van der Waals surface area contributed by atoms with Crippen molar-refractivity contribution in [2.45, 2.75) is 0 Å². The molecule has 0 aliphatic rings. The summed E-state index contributed by atoms with van der Waals surface area (Å²) in [4.78, 5) is 0. The van der Waals surface area contributed by atoms with Crippen molar-refractivity contribution >= 4 is 131 Å². The maximum absolute atomic E-state index is 2.45. The lowest BCUT2D eigenvalue weighted by molar-refractivity contribution is 1.16. The first-order valence-corrected chi connectivity index (χ1v) is 35.1. The van der Waals surface area contributed by atoms with Crippen molar-refractivity contribution < 1.29 is 0 Å². The molecule has 0 N–H and O–H groups in total. The van der Waals surface area contributed by atoms with E-state index in [-0.39, 0.29) is 0 Å². The molecule has 6 aromatic heterocycles. The number of fused-ring (bicyclic) bond motifs is 18. The molecule has 6 heteroatoms. The molecular formula is C96H60N6. The fraction of sp³-hybridized carbons (Fsp3) is 0. The van der Waals surface area contributed by atoms with Gasteiger partial charge in [0.1, 0.15) is 0 Å². The maximum atomic E-state index is 2.45. The Balaban J connectivity index is 0.591. The van der Waals surface area contributed by atoms with Crippen LogP contribution in [0.5, 0.6) is 0 Å². The van der Waals surface area contributed by atoms with Crippen LogP contribution in [0, 0.1) is 0 Å². The second kappa shape index (κ2) is 21.9. The normalized spacial score (nSPS) is 12.1. The lowest BCUT2D eigenvalue weighted by Crippen LogP contribution is -1.97. The summed E-state index contributed by atoms with van der Waals surface area (Å²) < 4.78 is 14.6. The van der Waals surface area contributed by atoms with E-state index in [1.165, 1.54) is 164 Å². The molecule has 22 rings (SSSR count). The molecule has 6 nitrogen and oxygen atoms in total. The van der Waals surface area contributed by atoms with E-state index in [4.69, 9.17) is 0 Å². The Morgan fingerprint density at radius 1 is 0.108 bits per heavy atom. The quantitative estimate of drug-likeness (QED) is 0.138. The van der Waals surface area contributed by atoms with E-state index in [2.05, 4.69) is 391 Å². The number of benzene rings is 16. The van der Waals surface area contributed by atoms with Gasteiger partial charge in [0.2, 0.25) is 0 Å². The minimum absolute atomic E-state index is 1.12. The lowest BCUT2D eigenvalue weighted by atomic mass is 9.98. The van der Waals surface area contributed by atoms with E-state index >= 15 is 0 Å². The van der Waals surface area contributed by atoms with Gasteiger partial charge < -0.3 is 27.4 Å². The minimum Gasteiger partial charge on any atom is -0.309 e. The average molecular weight is 1300 g/mol. The summed E-state index contributed by atoms with van der Waals surface area (Å²) in [7, 11) is 0. The number of hydrogen-bond acceptors (Lipinski definition) is 0. The molecule has 0 unspecified atom stereocenters. The third kappa shape index (κ3) is 8.35. The SMILES string of the molecule is c1ccc(-c2cccc(-n3c4ccccc4c4cc(-n5c6ccccc6c6cc(-n7c8ccccc8c8cc(-c9cccc(-c%10ccc(-n%11c%12ccccc%12c%12cc(-n%13c%14ccccc%14c%14cc(-n%15c%16ccccc%16c%16ccccc%16%15)ccc%14%13)ccc%12%11)cc%10)c9)ccc87)ccc65)ccc43)c2)cc1. The smallest absolute Gasteiger partial charge is 0.0542 e. The third-order valence-corrected chi connectivity index (χ3v) is 21.8. The molecule has 102 heavy (non-hydrogen) atoms. The Hall–Kier alpha value is -13.7. The monoisotopic (exact) mass is 1300 g/mol. The van der Waals surface area contributed by atoms with E-state index in [9.17, 15) is 0 Å². The van der Waals surface area contributed by atoms with Crippen molar-refractivity contribution in [2.24, 2.45) is 0 Å². The van der Waals surface area contributed by atoms with Gasteiger partial charge in [-0.3, -0.25) is 0 Å². The summed E-state index contributed by atoms with van der Waals surface area (Å²) in [6.07, 6.45) is 0. The van der Waals surface area contributed by atoms with Crippen LogP contribution in [0.25, 0.3) is 198 Å². The third-order valence-electron chi connectivity index (χ3n) is 21.8. The van der Waals surface area contributed by atoms with Crippen molar-refractivity contribution in [3.63, 3.8) is 0 Å². The molecule has 0 aliphatic heterocycles. The molecule has 6 heterocycles. The lowest BCUT2D eigenvalue weighted by Gasteiger charge is -2.12. The van der Waals surface area contributed by atoms with Crippen LogP contribution in [0.3, 0.4) is 0 Å². The zero-order chi connectivity index (χ0) is 66.7. The molecule has 0 spiro atoms. The fourth-order valence-electron chi connectivity index (χ4n) is 17.3. The van der Waals surface area contributed by atoms with E-state index in [1.807, 2.05) is 0 Å². The minimum atomic E-state index is 1.12. The zero-order valence-corrected chi connectivity index (χ0v) is 55.3. The van der Waals surface area contributed by atoms with Gasteiger partial charge in [-0.1, -0.05) is 206 Å². The van der Waals surface area contributed by atoms with Gasteiger partial charge in [-0.15, -0.1) is 0 Å². The molecule has 0 amide bonds. The number of nitrogens with zero attached hydrogens (tertiary/aromatic N) is 6. The van der Waals surface area contributed by atoms with Gasteiger partial charge in [0.15, 0.2) is 0 Å². The number of rotatable bonds is 9. The zero-order valence-electron chi connectivity index (χ0n) is 55.3. The molecule has 0 bridgehead atoms. The van der Waals surface area contributed by atoms with Crippen molar-refractivity contribution in [1.29, 1.82) is 0 Å². The Morgan fingerprint density at radius 3 is 0.696 bits per heavy atom. The molecule has 22 aromatic rings. The van der Waals surface area contributed by atoms with E-state index in [1.54, 1.807) is 0 Å². The Morgan fingerprint density at radius 2 is 0.324 bits per heavy atom. The summed E-state index contributed by atoms with van der Waals surface area (Å²) in [6, 6.07) is 135. The largest absolute Gasteiger partial charge is 0.309 e. The topological polar surface area (TPSA) is 29.6 Å². The Labute approximate surface area is 586 Å². The molecule has 16 aromatic carbocycles. The van der Waals surface area contributed by atoms with Gasteiger partial charge in [0.05, 0.1) is 66.2 Å². The summed E-state index contributed by atoms with van der Waals surface area (Å²) >= 11 is 0. The van der Waals surface area contributed by atoms with Crippen molar-refractivity contribution in [3.05, 3.63) is 364 Å². The average Bonchev–Trinajstić information content (AvgIpc) is 1.58. The van der Waals surface area contributed by atoms with Crippen LogP contribution in [0.4, 0.5) is 0 Å². The first-order chi connectivity index (χ1) is 50.6. The van der Waals surface area contributed by atoms with Crippen molar-refractivity contribution in [2.75, 3.05) is 0 Å². The summed E-state index contributed by atoms with van der Waals surface area (Å²) in [5.41, 5.74) is 28.1. The molecule has 474 valence electrons. The number of hydrogen-bond donors (Lipinski definition) is 0. The van der Waals surface area contributed by atoms with Crippen LogP contribution in [0.1, 0.15) is 0 Å². The first kappa shape index (κ1) is 56.3. The highest BCUT2D eigenvalue weighted by atomic mass is 15.0. The second-order valence-electron chi connectivity index (χ2n) is 27.2. The van der Waals surface area contributed by atoms with Gasteiger partial charge >= 0.3 is 0 Å². The summed E-state index contributed by atoms with van der Waals surface area (Å²) in [6.45, 7) is 0. The van der Waals surface area contributed by atoms with Crippen LogP contribution in [-0.4, -0.2) is 27.4 Å². The predicted molar refractivity (Wildman–Crippen MR) is 429 cm³/mol. The van der Waals surface area contributed by atoms with Crippen LogP contribution in [-0.2, 0) is 0 Å². The van der Waals surface area contributed by atoms with Crippen LogP contribution < -0.4 is 0 Å². The maximum Gasteiger partial charge on any atom is 0.0542 e. The van der Waals surface area contributed by atoms with Crippen LogP contribution in [0.2, 0.25) is 0 Å². The number of para-hydroxylation sites is 7. The molecule has 0 aliphatic carbocycles. The molecule has 0 fully saturated rings. The standard InChI is InChI=1S/C96H60N6/c1-2-20-61(21-3-1)65-24-19-25-68(55-65)98-89-37-15-8-30-77(89)82-60-72(47-51-94(82)98)102-91-39-17-10-32-79(91)84-59-70(48-53-96(84)102)100-88-36-14-6-28-75(88)80-56-66(42-49-92(80)100)64-23-18-22-63(54-64)62-40-43-67(44-41-62)97-87-35-13-7-29-76(87)81-58-71(45-50-93(81)97)101-90-38-16-9-31-78(90)83-57-69(46-52-95(83)101)99-85-33-11-4-26-73(85)74-27-5-12-34-86(74)99/h1-60H. The molecule has 0 radical (unpaired) electrons. The van der Waals surface area contributed by atoms with Gasteiger partial charge in [0, 0.05) is 98.8 Å². The van der Waals surface area contributed by atoms with Crippen LogP contribution in [0.15, 0.2) is 364 Å². The van der Waals surface area contributed by atoms with Gasteiger partial charge in [0.25, 0.3) is 0 Å². The van der Waals surface area contributed by atoms with Gasteiger partial charge in [-0.05, 0) is 191 Å². The van der Waals surface area contributed by atoms with E-state index in [0.717, 1.165) is 34.1 Å². The molecule has 0 saturated carbocycles. The second-order valence-corrected chi connectivity index (χ2v) is 27.2. The highest BCUT2D eigenvalue weighted by Crippen LogP contribution is 2.44. The van der Waals surface area contributed by atoms with Crippen molar-refractivity contribution in [3.8, 4) is 67.5 Å². The fourth-order valence-corrected chi connectivity index (χ4v) is 17.3. The highest BCUT2D eigenvalue weighted by molar-refractivity contribution is 6.17. The predicted octanol–water partition coefficient (Wildman–Crippen LogP) is 25.3. The van der Waals surface area contributed by atoms with Crippen LogP contribution >= 0.6 is 0 Å².